The van der Waals surface area contributed by atoms with Gasteiger partial charge in [-0.05, 0) is 6.42 Å². The van der Waals surface area contributed by atoms with Gasteiger partial charge >= 0.3 is 5.97 Å². The molecule has 0 radical (unpaired) electrons. The Kier molecular flexibility index (Phi) is 3.90. The first-order valence-corrected chi connectivity index (χ1v) is 6.82. The highest BCUT2D eigenvalue weighted by atomic mass is 32.2. The van der Waals surface area contributed by atoms with E-state index >= 15 is 0 Å². The van der Waals surface area contributed by atoms with Crippen molar-refractivity contribution >= 4 is 21.6 Å². The summed E-state index contributed by atoms with van der Waals surface area (Å²) in [6.07, 6.45) is 0.258. The molecule has 0 aromatic carbocycles. The van der Waals surface area contributed by atoms with Crippen LogP contribution in [-0.2, 0) is 24.1 Å². The Balaban J connectivity index is 2.55. The first-order valence-electron chi connectivity index (χ1n) is 4.92. The highest BCUT2D eigenvalue weighted by Gasteiger charge is 2.31. The maximum Gasteiger partial charge on any atom is 0.315 e. The molecule has 1 aliphatic rings. The van der Waals surface area contributed by atoms with Crippen LogP contribution in [0, 0.1) is 4.78 Å². The summed E-state index contributed by atoms with van der Waals surface area (Å²) in [5.74, 6) is -0.403. The van der Waals surface area contributed by atoms with Crippen LogP contribution in [0.25, 0.3) is 0 Å². The van der Waals surface area contributed by atoms with Crippen molar-refractivity contribution in [3.63, 3.8) is 0 Å². The second kappa shape index (κ2) is 4.82. The molecule has 1 aliphatic heterocycles. The molecule has 0 aliphatic carbocycles. The smallest absolute Gasteiger partial charge is 0.315 e. The van der Waals surface area contributed by atoms with Crippen LogP contribution in [0.4, 0.5) is 0 Å². The van der Waals surface area contributed by atoms with Crippen molar-refractivity contribution in [1.82, 2.24) is 4.90 Å². The number of hydrogen-bond acceptors (Lipinski definition) is 5. The zero-order chi connectivity index (χ0) is 12.3. The fourth-order valence-electron chi connectivity index (χ4n) is 1.63. The average Bonchev–Trinajstić information content (AvgIpc) is 2.57. The number of nitrogens with zero attached hydrogens (tertiary/aromatic N) is 1. The number of carbonyl (C=O) groups excluding carboxylic acids is 2. The van der Waals surface area contributed by atoms with E-state index in [0.29, 0.717) is 12.2 Å². The van der Waals surface area contributed by atoms with E-state index in [4.69, 9.17) is 4.78 Å². The van der Waals surface area contributed by atoms with Gasteiger partial charge in [-0.2, -0.15) is 0 Å². The third-order valence-electron chi connectivity index (χ3n) is 2.71. The zero-order valence-corrected chi connectivity index (χ0v) is 10.2. The number of amides is 1. The lowest BCUT2D eigenvalue weighted by Gasteiger charge is -2.23. The predicted molar refractivity (Wildman–Crippen MR) is 58.4 cm³/mol. The molecule has 1 N–H and O–H groups in total. The van der Waals surface area contributed by atoms with E-state index in [-0.39, 0.29) is 24.1 Å². The quantitative estimate of drug-likeness (QED) is 0.554. The molecule has 0 saturated carbocycles. The van der Waals surface area contributed by atoms with E-state index < -0.39 is 15.7 Å². The fraction of sp³-hybridized carbons (Fsp3) is 0.778. The number of methoxy groups -OCH3 is 1. The number of nitrogens with one attached hydrogen (secondary N) is 1. The van der Waals surface area contributed by atoms with Crippen LogP contribution in [0.15, 0.2) is 0 Å². The van der Waals surface area contributed by atoms with Crippen LogP contribution in [-0.4, -0.2) is 52.7 Å². The Morgan fingerprint density at radius 3 is 2.62 bits per heavy atom. The number of carbonyl (C=O) groups is 2. The van der Waals surface area contributed by atoms with Crippen LogP contribution < -0.4 is 0 Å². The third-order valence-corrected chi connectivity index (χ3v) is 4.53. The van der Waals surface area contributed by atoms with Gasteiger partial charge in [0.25, 0.3) is 0 Å². The van der Waals surface area contributed by atoms with E-state index in [9.17, 15) is 13.8 Å². The van der Waals surface area contributed by atoms with E-state index in [0.717, 1.165) is 0 Å². The average molecular weight is 248 g/mol. The van der Waals surface area contributed by atoms with Gasteiger partial charge in [-0.1, -0.05) is 0 Å². The SMILES string of the molecule is COC(=O)CC(=O)N(C)C1CCS(=N)(=O)C1. The summed E-state index contributed by atoms with van der Waals surface area (Å²) < 4.78 is 23.3. The molecule has 92 valence electrons. The summed E-state index contributed by atoms with van der Waals surface area (Å²) in [6, 6.07) is -0.192. The monoisotopic (exact) mass is 248 g/mol. The van der Waals surface area contributed by atoms with Crippen molar-refractivity contribution in [2.45, 2.75) is 18.9 Å². The lowest BCUT2D eigenvalue weighted by Crippen LogP contribution is -2.38. The van der Waals surface area contributed by atoms with Crippen molar-refractivity contribution in [1.29, 1.82) is 4.78 Å². The predicted octanol–water partition coefficient (Wildman–Crippen LogP) is -0.173. The summed E-state index contributed by atoms with van der Waals surface area (Å²) in [6.45, 7) is 0. The maximum atomic E-state index is 11.6. The topological polar surface area (TPSA) is 87.5 Å². The zero-order valence-electron chi connectivity index (χ0n) is 9.39. The summed E-state index contributed by atoms with van der Waals surface area (Å²) in [5, 5.41) is 0. The minimum atomic E-state index is -2.52. The van der Waals surface area contributed by atoms with Gasteiger partial charge in [0.05, 0.1) is 12.9 Å². The van der Waals surface area contributed by atoms with E-state index in [1.54, 1.807) is 7.05 Å². The van der Waals surface area contributed by atoms with Crippen molar-refractivity contribution in [3.8, 4) is 0 Å². The lowest BCUT2D eigenvalue weighted by atomic mass is 10.2. The van der Waals surface area contributed by atoms with Crippen molar-refractivity contribution < 1.29 is 18.5 Å². The lowest BCUT2D eigenvalue weighted by molar-refractivity contribution is -0.146. The normalized spacial score (nSPS) is 28.8. The van der Waals surface area contributed by atoms with Crippen LogP contribution >= 0.6 is 0 Å². The minimum absolute atomic E-state index is 0.192. The molecule has 0 bridgehead atoms. The van der Waals surface area contributed by atoms with Crippen molar-refractivity contribution in [2.75, 3.05) is 25.7 Å². The Hall–Kier alpha value is -1.11. The molecule has 0 spiro atoms. The molecule has 1 rings (SSSR count). The van der Waals surface area contributed by atoms with Gasteiger partial charge in [-0.3, -0.25) is 14.4 Å². The summed E-state index contributed by atoms with van der Waals surface area (Å²) >= 11 is 0. The summed E-state index contributed by atoms with van der Waals surface area (Å²) in [5.41, 5.74) is 0. The van der Waals surface area contributed by atoms with Crippen molar-refractivity contribution in [3.05, 3.63) is 0 Å². The van der Waals surface area contributed by atoms with Gasteiger partial charge in [0, 0.05) is 28.6 Å². The molecule has 0 aromatic rings. The molecule has 1 saturated heterocycles. The minimum Gasteiger partial charge on any atom is -0.469 e. The first kappa shape index (κ1) is 13.0. The van der Waals surface area contributed by atoms with Crippen LogP contribution in [0.5, 0.6) is 0 Å². The van der Waals surface area contributed by atoms with Gasteiger partial charge in [-0.25, -0.2) is 4.21 Å². The van der Waals surface area contributed by atoms with Crippen LogP contribution in [0.3, 0.4) is 0 Å². The Morgan fingerprint density at radius 1 is 1.56 bits per heavy atom. The Morgan fingerprint density at radius 2 is 2.19 bits per heavy atom. The molecule has 1 amide bonds. The molecular formula is C9H16N2O4S. The van der Waals surface area contributed by atoms with Gasteiger partial charge in [0.15, 0.2) is 0 Å². The molecule has 2 atom stereocenters. The van der Waals surface area contributed by atoms with Crippen LogP contribution in [0.2, 0.25) is 0 Å². The fourth-order valence-corrected chi connectivity index (χ4v) is 3.46. The highest BCUT2D eigenvalue weighted by Crippen LogP contribution is 2.17. The Labute approximate surface area is 94.9 Å². The van der Waals surface area contributed by atoms with Crippen molar-refractivity contribution in [2.24, 2.45) is 0 Å². The first-order chi connectivity index (χ1) is 7.35. The second-order valence-electron chi connectivity index (χ2n) is 3.88. The molecule has 16 heavy (non-hydrogen) atoms. The number of hydrogen-bond donors (Lipinski definition) is 1. The molecule has 6 nitrogen and oxygen atoms in total. The highest BCUT2D eigenvalue weighted by molar-refractivity contribution is 7.92. The van der Waals surface area contributed by atoms with Crippen LogP contribution in [0.1, 0.15) is 12.8 Å². The molecule has 1 fully saturated rings. The van der Waals surface area contributed by atoms with E-state index in [1.165, 1.54) is 12.0 Å². The van der Waals surface area contributed by atoms with Gasteiger partial charge < -0.3 is 9.64 Å². The summed E-state index contributed by atoms with van der Waals surface area (Å²) in [7, 11) is 0.272. The number of esters is 1. The summed E-state index contributed by atoms with van der Waals surface area (Å²) in [4.78, 5) is 23.9. The molecule has 7 heteroatoms. The van der Waals surface area contributed by atoms with Gasteiger partial charge in [0.1, 0.15) is 6.42 Å². The number of rotatable bonds is 3. The Bertz CT molecular complexity index is 390. The van der Waals surface area contributed by atoms with Gasteiger partial charge in [0.2, 0.25) is 5.91 Å². The third kappa shape index (κ3) is 3.19. The molecular weight excluding hydrogens is 232 g/mol. The second-order valence-corrected chi connectivity index (χ2v) is 6.25. The standard InChI is InChI=1S/C9H16N2O4S/c1-11(8(12)5-9(13)15-2)7-3-4-16(10,14)6-7/h7,10H,3-6H2,1-2H3. The van der Waals surface area contributed by atoms with E-state index in [1.807, 2.05) is 0 Å². The maximum absolute atomic E-state index is 11.6. The largest absolute Gasteiger partial charge is 0.469 e. The van der Waals surface area contributed by atoms with Gasteiger partial charge in [-0.15, -0.1) is 0 Å². The molecule has 2 unspecified atom stereocenters. The van der Waals surface area contributed by atoms with E-state index in [2.05, 4.69) is 4.74 Å². The molecule has 1 heterocycles. The number of ether oxygens (including phenoxy) is 1. The molecule has 0 aromatic heterocycles.